The SMILES string of the molecule is Cc1noc(C)c1COC(=O)c1oc2ccccc2c1COc1ccccc1. The van der Waals surface area contributed by atoms with Gasteiger partial charge in [-0.15, -0.1) is 0 Å². The van der Waals surface area contributed by atoms with Crippen molar-refractivity contribution >= 4 is 16.9 Å². The Hall–Kier alpha value is -3.54. The van der Waals surface area contributed by atoms with E-state index in [0.717, 1.165) is 10.9 Å². The summed E-state index contributed by atoms with van der Waals surface area (Å²) in [5.41, 5.74) is 2.72. The molecule has 142 valence electrons. The molecule has 0 aliphatic rings. The molecule has 0 fully saturated rings. The lowest BCUT2D eigenvalue weighted by molar-refractivity contribution is 0.0433. The van der Waals surface area contributed by atoms with Gasteiger partial charge in [-0.3, -0.25) is 0 Å². The van der Waals surface area contributed by atoms with E-state index in [2.05, 4.69) is 5.16 Å². The minimum atomic E-state index is -0.553. The first kappa shape index (κ1) is 17.9. The van der Waals surface area contributed by atoms with E-state index >= 15 is 0 Å². The highest BCUT2D eigenvalue weighted by Crippen LogP contribution is 2.28. The first-order valence-electron chi connectivity index (χ1n) is 8.90. The number of rotatable bonds is 6. The monoisotopic (exact) mass is 377 g/mol. The molecule has 0 spiro atoms. The van der Waals surface area contributed by atoms with Gasteiger partial charge in [-0.1, -0.05) is 41.6 Å². The molecule has 0 saturated carbocycles. The van der Waals surface area contributed by atoms with E-state index in [4.69, 9.17) is 18.4 Å². The Balaban J connectivity index is 1.59. The largest absolute Gasteiger partial charge is 0.489 e. The molecule has 0 N–H and O–H groups in total. The van der Waals surface area contributed by atoms with Gasteiger partial charge in [0, 0.05) is 5.39 Å². The number of aryl methyl sites for hydroxylation is 2. The predicted molar refractivity (Wildman–Crippen MR) is 102 cm³/mol. The molecule has 2 aromatic heterocycles. The number of fused-ring (bicyclic) bond motifs is 1. The van der Waals surface area contributed by atoms with Crippen LogP contribution in [0, 0.1) is 13.8 Å². The predicted octanol–water partition coefficient (Wildman–Crippen LogP) is 4.97. The lowest BCUT2D eigenvalue weighted by Gasteiger charge is -2.07. The summed E-state index contributed by atoms with van der Waals surface area (Å²) in [5, 5.41) is 4.69. The van der Waals surface area contributed by atoms with E-state index in [-0.39, 0.29) is 19.0 Å². The van der Waals surface area contributed by atoms with Gasteiger partial charge in [0.25, 0.3) is 0 Å². The fraction of sp³-hybridized carbons (Fsp3) is 0.182. The second-order valence-electron chi connectivity index (χ2n) is 6.39. The minimum Gasteiger partial charge on any atom is -0.489 e. The van der Waals surface area contributed by atoms with Gasteiger partial charge in [-0.2, -0.15) is 0 Å². The molecule has 0 amide bonds. The molecule has 2 aromatic carbocycles. The Bertz CT molecular complexity index is 1090. The summed E-state index contributed by atoms with van der Waals surface area (Å²) < 4.78 is 22.2. The average Bonchev–Trinajstić information content (AvgIpc) is 3.25. The molecule has 4 aromatic rings. The maximum atomic E-state index is 12.7. The van der Waals surface area contributed by atoms with Gasteiger partial charge >= 0.3 is 5.97 Å². The van der Waals surface area contributed by atoms with Gasteiger partial charge in [0.15, 0.2) is 0 Å². The Kier molecular flexibility index (Phi) is 4.85. The first-order chi connectivity index (χ1) is 13.6. The standard InChI is InChI=1S/C22H19NO5/c1-14-18(15(2)28-23-14)12-26-22(24)21-19(13-25-16-8-4-3-5-9-16)17-10-6-7-11-20(17)27-21/h3-11H,12-13H2,1-2H3. The maximum Gasteiger partial charge on any atom is 0.375 e. The van der Waals surface area contributed by atoms with E-state index in [1.165, 1.54) is 0 Å². The molecule has 6 heteroatoms. The first-order valence-corrected chi connectivity index (χ1v) is 8.90. The number of ether oxygens (including phenoxy) is 2. The number of para-hydroxylation sites is 2. The Morgan fingerprint density at radius 2 is 1.71 bits per heavy atom. The van der Waals surface area contributed by atoms with Gasteiger partial charge in [-0.25, -0.2) is 4.79 Å². The second-order valence-corrected chi connectivity index (χ2v) is 6.39. The van der Waals surface area contributed by atoms with Crippen molar-refractivity contribution in [3.05, 3.63) is 82.9 Å². The van der Waals surface area contributed by atoms with Crippen LogP contribution in [0.4, 0.5) is 0 Å². The van der Waals surface area contributed by atoms with Crippen LogP contribution in [0.5, 0.6) is 5.75 Å². The van der Waals surface area contributed by atoms with Crippen molar-refractivity contribution in [2.45, 2.75) is 27.1 Å². The topological polar surface area (TPSA) is 74.7 Å². The molecule has 2 heterocycles. The third-order valence-electron chi connectivity index (χ3n) is 4.54. The number of carbonyl (C=O) groups is 1. The molecule has 0 saturated heterocycles. The van der Waals surface area contributed by atoms with Gasteiger partial charge < -0.3 is 18.4 Å². The van der Waals surface area contributed by atoms with E-state index in [9.17, 15) is 4.79 Å². The summed E-state index contributed by atoms with van der Waals surface area (Å²) in [5.74, 6) is 0.928. The quantitative estimate of drug-likeness (QED) is 0.442. The zero-order valence-corrected chi connectivity index (χ0v) is 15.6. The summed E-state index contributed by atoms with van der Waals surface area (Å²) in [6, 6.07) is 16.9. The molecule has 0 radical (unpaired) electrons. The van der Waals surface area contributed by atoms with Gasteiger partial charge in [0.1, 0.15) is 30.3 Å². The van der Waals surface area contributed by atoms with Crippen molar-refractivity contribution in [1.29, 1.82) is 0 Å². The summed E-state index contributed by atoms with van der Waals surface area (Å²) in [4.78, 5) is 12.7. The highest BCUT2D eigenvalue weighted by Gasteiger charge is 2.23. The zero-order chi connectivity index (χ0) is 19.5. The highest BCUT2D eigenvalue weighted by atomic mass is 16.5. The lowest BCUT2D eigenvalue weighted by Crippen LogP contribution is -2.09. The number of esters is 1. The van der Waals surface area contributed by atoms with Crippen molar-refractivity contribution in [2.24, 2.45) is 0 Å². The molecular formula is C22H19NO5. The number of nitrogens with zero attached hydrogens (tertiary/aromatic N) is 1. The molecule has 6 nitrogen and oxygen atoms in total. The summed E-state index contributed by atoms with van der Waals surface area (Å²) in [6.45, 7) is 3.84. The van der Waals surface area contributed by atoms with Crippen molar-refractivity contribution in [3.8, 4) is 5.75 Å². The van der Waals surface area contributed by atoms with Crippen LogP contribution in [-0.2, 0) is 18.0 Å². The van der Waals surface area contributed by atoms with Crippen molar-refractivity contribution in [1.82, 2.24) is 5.16 Å². The molecule has 0 aliphatic carbocycles. The number of carbonyl (C=O) groups excluding carboxylic acids is 1. The fourth-order valence-corrected chi connectivity index (χ4v) is 2.99. The van der Waals surface area contributed by atoms with Crippen molar-refractivity contribution in [3.63, 3.8) is 0 Å². The van der Waals surface area contributed by atoms with Crippen LogP contribution in [-0.4, -0.2) is 11.1 Å². The zero-order valence-electron chi connectivity index (χ0n) is 15.6. The molecule has 28 heavy (non-hydrogen) atoms. The van der Waals surface area contributed by atoms with Gasteiger partial charge in [-0.05, 0) is 32.0 Å². The van der Waals surface area contributed by atoms with Crippen LogP contribution in [0.15, 0.2) is 63.5 Å². The molecule has 4 rings (SSSR count). The van der Waals surface area contributed by atoms with E-state index in [1.807, 2.05) is 54.6 Å². The smallest absolute Gasteiger partial charge is 0.375 e. The average molecular weight is 377 g/mol. The van der Waals surface area contributed by atoms with E-state index in [1.54, 1.807) is 13.8 Å². The van der Waals surface area contributed by atoms with Crippen molar-refractivity contribution < 1.29 is 23.2 Å². The third kappa shape index (κ3) is 3.49. The van der Waals surface area contributed by atoms with Crippen molar-refractivity contribution in [2.75, 3.05) is 0 Å². The second kappa shape index (κ2) is 7.60. The van der Waals surface area contributed by atoms with E-state index < -0.39 is 5.97 Å². The van der Waals surface area contributed by atoms with Crippen LogP contribution in [0.1, 0.15) is 33.1 Å². The Morgan fingerprint density at radius 1 is 0.964 bits per heavy atom. The summed E-state index contributed by atoms with van der Waals surface area (Å²) in [6.07, 6.45) is 0. The van der Waals surface area contributed by atoms with Crippen LogP contribution >= 0.6 is 0 Å². The van der Waals surface area contributed by atoms with Gasteiger partial charge in [0.05, 0.1) is 16.8 Å². The fourth-order valence-electron chi connectivity index (χ4n) is 2.99. The molecular weight excluding hydrogens is 358 g/mol. The number of hydrogen-bond acceptors (Lipinski definition) is 6. The van der Waals surface area contributed by atoms with Crippen LogP contribution < -0.4 is 4.74 Å². The Labute approximate surface area is 161 Å². The van der Waals surface area contributed by atoms with Gasteiger partial charge in [0.2, 0.25) is 5.76 Å². The molecule has 0 aliphatic heterocycles. The number of hydrogen-bond donors (Lipinski definition) is 0. The maximum absolute atomic E-state index is 12.7. The minimum absolute atomic E-state index is 0.0655. The number of aromatic nitrogens is 1. The summed E-state index contributed by atoms with van der Waals surface area (Å²) in [7, 11) is 0. The summed E-state index contributed by atoms with van der Waals surface area (Å²) >= 11 is 0. The van der Waals surface area contributed by atoms with Crippen LogP contribution in [0.25, 0.3) is 11.0 Å². The normalized spacial score (nSPS) is 10.9. The van der Waals surface area contributed by atoms with E-state index in [0.29, 0.717) is 28.4 Å². The number of benzene rings is 2. The molecule has 0 atom stereocenters. The van der Waals surface area contributed by atoms with Crippen LogP contribution in [0.3, 0.4) is 0 Å². The number of furan rings is 1. The lowest BCUT2D eigenvalue weighted by atomic mass is 10.1. The van der Waals surface area contributed by atoms with Crippen LogP contribution in [0.2, 0.25) is 0 Å². The molecule has 0 bridgehead atoms. The molecule has 0 unspecified atom stereocenters. The Morgan fingerprint density at radius 3 is 2.46 bits per heavy atom. The highest BCUT2D eigenvalue weighted by molar-refractivity contribution is 5.96. The third-order valence-corrected chi connectivity index (χ3v) is 4.54.